The van der Waals surface area contributed by atoms with Crippen molar-refractivity contribution < 1.29 is 4.74 Å². The molecule has 0 spiro atoms. The number of hydrogen-bond acceptors (Lipinski definition) is 2. The third-order valence-corrected chi connectivity index (χ3v) is 4.28. The Bertz CT molecular complexity index is 344. The van der Waals surface area contributed by atoms with Gasteiger partial charge in [0.2, 0.25) is 0 Å². The largest absolute Gasteiger partial charge is 0.363 e. The van der Waals surface area contributed by atoms with Crippen molar-refractivity contribution in [2.24, 2.45) is 0 Å². The summed E-state index contributed by atoms with van der Waals surface area (Å²) in [6.07, 6.45) is 27.4. The molecule has 0 aliphatic heterocycles. The minimum atomic E-state index is 0.287. The lowest BCUT2D eigenvalue weighted by atomic mass is 10.1. The molecule has 0 rings (SSSR count). The Kier molecular flexibility index (Phi) is 18.8. The lowest BCUT2D eigenvalue weighted by molar-refractivity contribution is -0.0391. The fourth-order valence-electron chi connectivity index (χ4n) is 2.75. The molecule has 0 N–H and O–H groups in total. The molecule has 0 saturated heterocycles. The van der Waals surface area contributed by atoms with Crippen LogP contribution in [0.25, 0.3) is 0 Å². The average Bonchev–Trinajstić information content (AvgIpc) is 2.60. The van der Waals surface area contributed by atoms with Crippen LogP contribution < -0.4 is 0 Å². The summed E-state index contributed by atoms with van der Waals surface area (Å²) in [5, 5.41) is 0. The summed E-state index contributed by atoms with van der Waals surface area (Å²) in [6.45, 7) is 5.26. The molecule has 1 atom stereocenters. The Labute approximate surface area is 158 Å². The zero-order valence-electron chi connectivity index (χ0n) is 17.4. The van der Waals surface area contributed by atoms with Gasteiger partial charge < -0.3 is 4.74 Å². The van der Waals surface area contributed by atoms with Crippen molar-refractivity contribution in [1.29, 1.82) is 0 Å². The predicted molar refractivity (Wildman–Crippen MR) is 113 cm³/mol. The van der Waals surface area contributed by atoms with E-state index in [2.05, 4.69) is 69.3 Å². The Morgan fingerprint density at radius 2 is 1.28 bits per heavy atom. The fourth-order valence-corrected chi connectivity index (χ4v) is 2.75. The number of ether oxygens (including phenoxy) is 1. The molecule has 2 heteroatoms. The highest BCUT2D eigenvalue weighted by Gasteiger charge is 2.07. The van der Waals surface area contributed by atoms with Gasteiger partial charge in [0, 0.05) is 6.61 Å². The molecular weight excluding hydrogens is 306 g/mol. The van der Waals surface area contributed by atoms with E-state index in [1.807, 2.05) is 0 Å². The topological polar surface area (TPSA) is 12.5 Å². The molecule has 0 radical (unpaired) electrons. The van der Waals surface area contributed by atoms with Crippen molar-refractivity contribution in [1.82, 2.24) is 4.90 Å². The van der Waals surface area contributed by atoms with E-state index >= 15 is 0 Å². The van der Waals surface area contributed by atoms with Gasteiger partial charge in [-0.1, -0.05) is 76.0 Å². The van der Waals surface area contributed by atoms with Gasteiger partial charge in [-0.15, -0.1) is 0 Å². The van der Waals surface area contributed by atoms with E-state index in [9.17, 15) is 0 Å². The predicted octanol–water partition coefficient (Wildman–Crippen LogP) is 6.89. The molecule has 0 amide bonds. The number of unbranched alkanes of at least 4 members (excludes halogenated alkanes) is 6. The first-order valence-corrected chi connectivity index (χ1v) is 10.4. The van der Waals surface area contributed by atoms with Gasteiger partial charge in [0.15, 0.2) is 0 Å². The van der Waals surface area contributed by atoms with E-state index in [1.165, 1.54) is 44.9 Å². The van der Waals surface area contributed by atoms with Gasteiger partial charge in [0.25, 0.3) is 0 Å². The number of allylic oxidation sites excluding steroid dienone is 6. The number of hydrogen-bond donors (Lipinski definition) is 0. The Morgan fingerprint density at radius 1 is 0.720 bits per heavy atom. The quantitative estimate of drug-likeness (QED) is 0.161. The van der Waals surface area contributed by atoms with Crippen LogP contribution in [0.15, 0.2) is 36.5 Å². The third-order valence-electron chi connectivity index (χ3n) is 4.28. The summed E-state index contributed by atoms with van der Waals surface area (Å²) in [7, 11) is 4.17. The Balaban J connectivity index is 3.30. The van der Waals surface area contributed by atoms with E-state index < -0.39 is 0 Å². The zero-order valence-corrected chi connectivity index (χ0v) is 17.4. The standard InChI is InChI=1S/C23H43NO/c1-5-7-8-9-10-11-12-13-14-15-16-17-18-19-20-21-22-25-23(6-2)24(3)4/h7-8,10-11,13-14,23H,5-6,9,12,15-22H2,1-4H3/b8-7-,11-10-,14-13-. The molecule has 146 valence electrons. The van der Waals surface area contributed by atoms with Crippen LogP contribution in [-0.2, 0) is 4.74 Å². The molecule has 0 aromatic heterocycles. The summed E-state index contributed by atoms with van der Waals surface area (Å²) in [6, 6.07) is 0. The van der Waals surface area contributed by atoms with E-state index in [-0.39, 0.29) is 6.23 Å². The monoisotopic (exact) mass is 349 g/mol. The lowest BCUT2D eigenvalue weighted by Gasteiger charge is -2.23. The van der Waals surface area contributed by atoms with Crippen molar-refractivity contribution in [3.63, 3.8) is 0 Å². The first-order chi connectivity index (χ1) is 12.2. The van der Waals surface area contributed by atoms with Gasteiger partial charge in [-0.2, -0.15) is 0 Å². The van der Waals surface area contributed by atoms with E-state index in [4.69, 9.17) is 4.74 Å². The molecule has 0 aliphatic rings. The highest BCUT2D eigenvalue weighted by molar-refractivity contribution is 4.96. The normalized spacial score (nSPS) is 13.8. The van der Waals surface area contributed by atoms with E-state index in [0.717, 1.165) is 32.3 Å². The van der Waals surface area contributed by atoms with Crippen LogP contribution in [0.1, 0.15) is 84.5 Å². The maximum atomic E-state index is 5.88. The summed E-state index contributed by atoms with van der Waals surface area (Å²) in [5.74, 6) is 0. The van der Waals surface area contributed by atoms with Crippen LogP contribution in [0.5, 0.6) is 0 Å². The van der Waals surface area contributed by atoms with Gasteiger partial charge in [-0.3, -0.25) is 4.90 Å². The summed E-state index contributed by atoms with van der Waals surface area (Å²) >= 11 is 0. The number of nitrogens with zero attached hydrogens (tertiary/aromatic N) is 1. The summed E-state index contributed by atoms with van der Waals surface area (Å²) in [5.41, 5.74) is 0. The van der Waals surface area contributed by atoms with Crippen molar-refractivity contribution in [2.45, 2.75) is 90.7 Å². The second-order valence-electron chi connectivity index (χ2n) is 6.90. The van der Waals surface area contributed by atoms with Gasteiger partial charge >= 0.3 is 0 Å². The molecule has 0 saturated carbocycles. The second kappa shape index (κ2) is 19.5. The van der Waals surface area contributed by atoms with E-state index in [1.54, 1.807) is 0 Å². The van der Waals surface area contributed by atoms with Crippen LogP contribution in [0.2, 0.25) is 0 Å². The summed E-state index contributed by atoms with van der Waals surface area (Å²) in [4.78, 5) is 2.16. The SMILES string of the molecule is CC/C=C\C/C=C\C/C=C\CCCCCCCCOC(CC)N(C)C. The van der Waals surface area contributed by atoms with Crippen LogP contribution in [0, 0.1) is 0 Å². The molecule has 0 aliphatic carbocycles. The maximum Gasteiger partial charge on any atom is 0.109 e. The molecule has 0 heterocycles. The third kappa shape index (κ3) is 17.7. The van der Waals surface area contributed by atoms with Crippen molar-refractivity contribution in [3.8, 4) is 0 Å². The van der Waals surface area contributed by atoms with Crippen LogP contribution in [0.4, 0.5) is 0 Å². The first kappa shape index (κ1) is 24.1. The Morgan fingerprint density at radius 3 is 1.88 bits per heavy atom. The Hall–Kier alpha value is -0.860. The van der Waals surface area contributed by atoms with Crippen LogP contribution >= 0.6 is 0 Å². The molecule has 1 unspecified atom stereocenters. The lowest BCUT2D eigenvalue weighted by Crippen LogP contribution is -2.30. The molecule has 2 nitrogen and oxygen atoms in total. The van der Waals surface area contributed by atoms with Crippen LogP contribution in [-0.4, -0.2) is 31.8 Å². The molecule has 0 aromatic carbocycles. The average molecular weight is 350 g/mol. The second-order valence-corrected chi connectivity index (χ2v) is 6.90. The minimum Gasteiger partial charge on any atom is -0.363 e. The van der Waals surface area contributed by atoms with Crippen molar-refractivity contribution in [3.05, 3.63) is 36.5 Å². The smallest absolute Gasteiger partial charge is 0.109 e. The summed E-state index contributed by atoms with van der Waals surface area (Å²) < 4.78 is 5.88. The van der Waals surface area contributed by atoms with Crippen LogP contribution in [0.3, 0.4) is 0 Å². The molecule has 0 fully saturated rings. The van der Waals surface area contributed by atoms with Gasteiger partial charge in [-0.05, 0) is 59.0 Å². The zero-order chi connectivity index (χ0) is 18.6. The molecule has 0 bridgehead atoms. The first-order valence-electron chi connectivity index (χ1n) is 10.4. The van der Waals surface area contributed by atoms with Crippen molar-refractivity contribution in [2.75, 3.05) is 20.7 Å². The highest BCUT2D eigenvalue weighted by atomic mass is 16.5. The van der Waals surface area contributed by atoms with Crippen molar-refractivity contribution >= 4 is 0 Å². The van der Waals surface area contributed by atoms with Gasteiger partial charge in [0.05, 0.1) is 0 Å². The maximum absolute atomic E-state index is 5.88. The minimum absolute atomic E-state index is 0.287. The molecule has 25 heavy (non-hydrogen) atoms. The number of rotatable bonds is 17. The molecular formula is C23H43NO. The van der Waals surface area contributed by atoms with Gasteiger partial charge in [0.1, 0.15) is 6.23 Å². The van der Waals surface area contributed by atoms with Gasteiger partial charge in [-0.25, -0.2) is 0 Å². The highest BCUT2D eigenvalue weighted by Crippen LogP contribution is 2.09. The fraction of sp³-hybridized carbons (Fsp3) is 0.739. The molecule has 0 aromatic rings. The van der Waals surface area contributed by atoms with E-state index in [0.29, 0.717) is 0 Å².